The molecule has 172 valence electrons. The number of fused-ring (bicyclic) bond motifs is 2. The van der Waals surface area contributed by atoms with E-state index in [1.807, 2.05) is 18.7 Å². The Morgan fingerprint density at radius 1 is 0.606 bits per heavy atom. The fourth-order valence-electron chi connectivity index (χ4n) is 3.48. The average Bonchev–Trinajstić information content (AvgIpc) is 2.83. The lowest BCUT2D eigenvalue weighted by Crippen LogP contribution is -2.21. The van der Waals surface area contributed by atoms with E-state index in [1.54, 1.807) is 12.1 Å². The van der Waals surface area contributed by atoms with Crippen LogP contribution in [0.4, 0.5) is 47.8 Å². The topological polar surface area (TPSA) is 41.0 Å². The molecule has 0 atom stereocenters. The number of aromatic nitrogens is 2. The number of anilines is 3. The van der Waals surface area contributed by atoms with E-state index in [9.17, 15) is 26.3 Å². The molecule has 0 bridgehead atoms. The van der Waals surface area contributed by atoms with Gasteiger partial charge in [0.2, 0.25) is 0 Å². The van der Waals surface area contributed by atoms with Crippen LogP contribution in [-0.4, -0.2) is 23.1 Å². The van der Waals surface area contributed by atoms with Gasteiger partial charge >= 0.3 is 0 Å². The summed E-state index contributed by atoms with van der Waals surface area (Å²) in [5, 5.41) is 2.39. The summed E-state index contributed by atoms with van der Waals surface area (Å²) in [5.74, 6) is -13.2. The second-order valence-corrected chi connectivity index (χ2v) is 7.04. The SMILES string of the molecule is CCN(CC)c1ccc(Nc2c(F)c(F)c3nc4c(F)c(F)c(F)c(F)c4nc3c2F)cc1. The van der Waals surface area contributed by atoms with Crippen LogP contribution >= 0.6 is 0 Å². The van der Waals surface area contributed by atoms with Crippen LogP contribution in [0.25, 0.3) is 22.1 Å². The maximum absolute atomic E-state index is 15.1. The van der Waals surface area contributed by atoms with Gasteiger partial charge in [0.15, 0.2) is 40.7 Å². The molecule has 1 heterocycles. The van der Waals surface area contributed by atoms with Crippen molar-refractivity contribution in [1.82, 2.24) is 9.97 Å². The molecule has 4 rings (SSSR count). The number of nitrogens with zero attached hydrogens (tertiary/aromatic N) is 3. The Hall–Kier alpha value is -3.63. The van der Waals surface area contributed by atoms with Crippen molar-refractivity contribution >= 4 is 39.1 Å². The van der Waals surface area contributed by atoms with E-state index >= 15 is 4.39 Å². The first-order valence-corrected chi connectivity index (χ1v) is 9.81. The predicted octanol–water partition coefficient (Wildman–Crippen LogP) is 6.35. The van der Waals surface area contributed by atoms with Crippen molar-refractivity contribution in [2.45, 2.75) is 13.8 Å². The molecule has 11 heteroatoms. The molecule has 0 saturated carbocycles. The predicted molar refractivity (Wildman–Crippen MR) is 110 cm³/mol. The van der Waals surface area contributed by atoms with E-state index in [1.165, 1.54) is 12.1 Å². The third kappa shape index (κ3) is 3.57. The molecule has 0 aliphatic carbocycles. The Balaban J connectivity index is 1.87. The lowest BCUT2D eigenvalue weighted by Gasteiger charge is -2.21. The molecule has 3 aromatic carbocycles. The van der Waals surface area contributed by atoms with Crippen LogP contribution in [0.1, 0.15) is 13.8 Å². The summed E-state index contributed by atoms with van der Waals surface area (Å²) in [6, 6.07) is 6.39. The summed E-state index contributed by atoms with van der Waals surface area (Å²) in [6.45, 7) is 5.38. The maximum atomic E-state index is 15.1. The van der Waals surface area contributed by atoms with Crippen molar-refractivity contribution in [2.75, 3.05) is 23.3 Å². The third-order valence-corrected chi connectivity index (χ3v) is 5.20. The Morgan fingerprint density at radius 3 is 1.48 bits per heavy atom. The van der Waals surface area contributed by atoms with E-state index < -0.39 is 68.5 Å². The average molecular weight is 468 g/mol. The molecule has 4 aromatic rings. The van der Waals surface area contributed by atoms with Gasteiger partial charge in [0, 0.05) is 24.5 Å². The highest BCUT2D eigenvalue weighted by Crippen LogP contribution is 2.34. The van der Waals surface area contributed by atoms with Crippen molar-refractivity contribution < 1.29 is 30.7 Å². The summed E-state index contributed by atoms with van der Waals surface area (Å²) in [7, 11) is 0. The molecule has 0 saturated heterocycles. The summed E-state index contributed by atoms with van der Waals surface area (Å²) < 4.78 is 99.6. The molecule has 1 N–H and O–H groups in total. The molecule has 0 fully saturated rings. The largest absolute Gasteiger partial charge is 0.372 e. The van der Waals surface area contributed by atoms with Gasteiger partial charge in [-0.15, -0.1) is 0 Å². The number of halogens is 7. The van der Waals surface area contributed by atoms with Crippen LogP contribution in [-0.2, 0) is 0 Å². The van der Waals surface area contributed by atoms with Gasteiger partial charge in [0.1, 0.15) is 27.8 Å². The van der Waals surface area contributed by atoms with Crippen LogP contribution in [0.3, 0.4) is 0 Å². The first-order valence-electron chi connectivity index (χ1n) is 9.81. The highest BCUT2D eigenvalue weighted by Gasteiger charge is 2.28. The van der Waals surface area contributed by atoms with Gasteiger partial charge in [-0.2, -0.15) is 0 Å². The zero-order valence-corrected chi connectivity index (χ0v) is 17.2. The van der Waals surface area contributed by atoms with Gasteiger partial charge in [-0.05, 0) is 38.1 Å². The number of hydrogen-bond donors (Lipinski definition) is 1. The Labute approximate surface area is 182 Å². The lowest BCUT2D eigenvalue weighted by molar-refractivity contribution is 0.416. The van der Waals surface area contributed by atoms with Gasteiger partial charge < -0.3 is 10.2 Å². The van der Waals surface area contributed by atoms with E-state index in [0.29, 0.717) is 0 Å². The molecule has 0 aliphatic heterocycles. The van der Waals surface area contributed by atoms with Crippen LogP contribution in [0.2, 0.25) is 0 Å². The Morgan fingerprint density at radius 2 is 1.03 bits per heavy atom. The standard InChI is InChI=1S/C22H15F7N4/c1-3-33(4-2)10-7-5-9(6-8-10)30-18-15(27)16(28)21-22(17(18)29)32-20-14(26)12(24)11(23)13(25)19(20)31-21/h5-8,30H,3-4H2,1-2H3. The molecule has 0 amide bonds. The van der Waals surface area contributed by atoms with E-state index in [4.69, 9.17) is 0 Å². The van der Waals surface area contributed by atoms with Crippen LogP contribution in [0.5, 0.6) is 0 Å². The molecule has 4 nitrogen and oxygen atoms in total. The van der Waals surface area contributed by atoms with Crippen molar-refractivity contribution in [1.29, 1.82) is 0 Å². The van der Waals surface area contributed by atoms with Gasteiger partial charge in [-0.25, -0.2) is 40.7 Å². The number of nitrogens with one attached hydrogen (secondary N) is 1. The van der Waals surface area contributed by atoms with Crippen molar-refractivity contribution in [3.8, 4) is 0 Å². The summed E-state index contributed by atoms with van der Waals surface area (Å²) in [6.07, 6.45) is 0. The molecular weight excluding hydrogens is 453 g/mol. The first kappa shape index (κ1) is 22.6. The van der Waals surface area contributed by atoms with Gasteiger partial charge in [-0.3, -0.25) is 0 Å². The molecule has 1 aromatic heterocycles. The molecule has 0 aliphatic rings. The first-order chi connectivity index (χ1) is 15.7. The highest BCUT2D eigenvalue weighted by molar-refractivity contribution is 5.90. The van der Waals surface area contributed by atoms with Crippen molar-refractivity contribution in [3.05, 3.63) is 65.0 Å². The van der Waals surface area contributed by atoms with Crippen molar-refractivity contribution in [2.24, 2.45) is 0 Å². The third-order valence-electron chi connectivity index (χ3n) is 5.20. The van der Waals surface area contributed by atoms with Crippen LogP contribution in [0, 0.1) is 40.7 Å². The zero-order chi connectivity index (χ0) is 24.0. The summed E-state index contributed by atoms with van der Waals surface area (Å²) in [5.41, 5.74) is -4.39. The minimum absolute atomic E-state index is 0.196. The number of hydrogen-bond acceptors (Lipinski definition) is 4. The minimum Gasteiger partial charge on any atom is -0.372 e. The van der Waals surface area contributed by atoms with Gasteiger partial charge in [0.05, 0.1) is 0 Å². The Bertz CT molecular complexity index is 1390. The van der Waals surface area contributed by atoms with E-state index in [0.717, 1.165) is 18.8 Å². The molecular formula is C22H15F7N4. The summed E-state index contributed by atoms with van der Waals surface area (Å²) >= 11 is 0. The maximum Gasteiger partial charge on any atom is 0.199 e. The minimum atomic E-state index is -2.21. The second kappa shape index (κ2) is 8.38. The van der Waals surface area contributed by atoms with Gasteiger partial charge in [-0.1, -0.05) is 0 Å². The number of benzene rings is 3. The smallest absolute Gasteiger partial charge is 0.199 e. The van der Waals surface area contributed by atoms with Crippen molar-refractivity contribution in [3.63, 3.8) is 0 Å². The molecule has 0 spiro atoms. The summed E-state index contributed by atoms with van der Waals surface area (Å²) in [4.78, 5) is 8.70. The molecule has 0 radical (unpaired) electrons. The van der Waals surface area contributed by atoms with E-state index in [-0.39, 0.29) is 5.69 Å². The molecule has 0 unspecified atom stereocenters. The fraction of sp³-hybridized carbons (Fsp3) is 0.182. The molecule has 33 heavy (non-hydrogen) atoms. The Kier molecular flexibility index (Phi) is 5.73. The highest BCUT2D eigenvalue weighted by atomic mass is 19.2. The number of rotatable bonds is 5. The normalized spacial score (nSPS) is 11.4. The van der Waals surface area contributed by atoms with E-state index in [2.05, 4.69) is 15.3 Å². The monoisotopic (exact) mass is 468 g/mol. The quantitative estimate of drug-likeness (QED) is 0.161. The van der Waals surface area contributed by atoms with Gasteiger partial charge in [0.25, 0.3) is 0 Å². The lowest BCUT2D eigenvalue weighted by atomic mass is 10.1. The second-order valence-electron chi connectivity index (χ2n) is 7.04. The zero-order valence-electron chi connectivity index (χ0n) is 17.2. The van der Waals surface area contributed by atoms with Crippen LogP contribution in [0.15, 0.2) is 24.3 Å². The van der Waals surface area contributed by atoms with Crippen LogP contribution < -0.4 is 10.2 Å². The fourth-order valence-corrected chi connectivity index (χ4v) is 3.48.